The first-order valence-electron chi connectivity index (χ1n) is 9.19. The smallest absolute Gasteiger partial charge is 0.256 e. The van der Waals surface area contributed by atoms with Crippen molar-refractivity contribution in [2.24, 2.45) is 7.05 Å². The van der Waals surface area contributed by atoms with Gasteiger partial charge in [0.2, 0.25) is 0 Å². The van der Waals surface area contributed by atoms with Crippen molar-refractivity contribution in [3.63, 3.8) is 0 Å². The number of aromatic amines is 1. The molecule has 1 fully saturated rings. The van der Waals surface area contributed by atoms with Gasteiger partial charge in [-0.15, -0.1) is 0 Å². The van der Waals surface area contributed by atoms with E-state index in [0.717, 1.165) is 50.2 Å². The summed E-state index contributed by atoms with van der Waals surface area (Å²) in [6.07, 6.45) is 7.91. The quantitative estimate of drug-likeness (QED) is 0.729. The average Bonchev–Trinajstić information content (AvgIpc) is 3.33. The van der Waals surface area contributed by atoms with Gasteiger partial charge in [-0.25, -0.2) is 9.97 Å². The Morgan fingerprint density at radius 2 is 2.23 bits per heavy atom. The number of pyridine rings is 1. The lowest BCUT2D eigenvalue weighted by atomic mass is 9.77. The van der Waals surface area contributed by atoms with Gasteiger partial charge in [0.05, 0.1) is 11.8 Å². The highest BCUT2D eigenvalue weighted by atomic mass is 16.2. The lowest BCUT2D eigenvalue weighted by Gasteiger charge is -2.40. The molecule has 0 bridgehead atoms. The van der Waals surface area contributed by atoms with Crippen molar-refractivity contribution in [3.05, 3.63) is 41.1 Å². The predicted octanol–water partition coefficient (Wildman–Crippen LogP) is 2.12. The molecule has 5 rings (SSSR count). The molecular formula is C19H22N6O. The van der Waals surface area contributed by atoms with Crippen LogP contribution in [0.25, 0.3) is 11.2 Å². The van der Waals surface area contributed by atoms with Crippen LogP contribution >= 0.6 is 0 Å². The molecule has 1 aliphatic carbocycles. The van der Waals surface area contributed by atoms with E-state index in [2.05, 4.69) is 20.2 Å². The number of amides is 1. The molecule has 2 aliphatic rings. The summed E-state index contributed by atoms with van der Waals surface area (Å²) in [6, 6.07) is 1.80. The molecule has 7 nitrogen and oxygen atoms in total. The van der Waals surface area contributed by atoms with Crippen molar-refractivity contribution in [1.82, 2.24) is 29.6 Å². The molecule has 7 heteroatoms. The summed E-state index contributed by atoms with van der Waals surface area (Å²) in [5, 5.41) is 7.43. The molecule has 26 heavy (non-hydrogen) atoms. The third-order valence-electron chi connectivity index (χ3n) is 6.20. The van der Waals surface area contributed by atoms with Crippen molar-refractivity contribution < 1.29 is 4.79 Å². The number of aromatic nitrogens is 5. The van der Waals surface area contributed by atoms with Gasteiger partial charge in [-0.3, -0.25) is 9.89 Å². The van der Waals surface area contributed by atoms with E-state index in [0.29, 0.717) is 11.1 Å². The minimum Gasteiger partial charge on any atom is -0.338 e. The van der Waals surface area contributed by atoms with E-state index in [-0.39, 0.29) is 11.3 Å². The number of nitrogens with zero attached hydrogens (tertiary/aromatic N) is 5. The molecule has 1 unspecified atom stereocenters. The number of carbonyl (C=O) groups excluding carboxylic acids is 1. The summed E-state index contributed by atoms with van der Waals surface area (Å²) in [4.78, 5) is 24.3. The van der Waals surface area contributed by atoms with E-state index in [1.807, 2.05) is 29.6 Å². The Morgan fingerprint density at radius 3 is 3.12 bits per heavy atom. The molecule has 0 radical (unpaired) electrons. The number of piperidine rings is 1. The van der Waals surface area contributed by atoms with E-state index in [1.54, 1.807) is 12.3 Å². The molecule has 1 N–H and O–H groups in total. The summed E-state index contributed by atoms with van der Waals surface area (Å²) in [5.74, 6) is 0.920. The number of hydrogen-bond acceptors (Lipinski definition) is 4. The number of rotatable bonds is 1. The first-order chi connectivity index (χ1) is 12.6. The second-order valence-electron chi connectivity index (χ2n) is 7.63. The summed E-state index contributed by atoms with van der Waals surface area (Å²) >= 11 is 0. The lowest BCUT2D eigenvalue weighted by Crippen LogP contribution is -2.47. The van der Waals surface area contributed by atoms with Gasteiger partial charge in [0.15, 0.2) is 5.65 Å². The fraction of sp³-hybridized carbons (Fsp3) is 0.474. The van der Waals surface area contributed by atoms with Gasteiger partial charge in [-0.2, -0.15) is 5.10 Å². The highest BCUT2D eigenvalue weighted by molar-refractivity contribution is 6.04. The number of likely N-dealkylation sites (tertiary alicyclic amines) is 1. The Morgan fingerprint density at radius 1 is 1.35 bits per heavy atom. The number of nitrogens with one attached hydrogen (secondary N) is 1. The first kappa shape index (κ1) is 15.5. The summed E-state index contributed by atoms with van der Waals surface area (Å²) < 4.78 is 1.93. The maximum absolute atomic E-state index is 13.3. The zero-order valence-corrected chi connectivity index (χ0v) is 15.1. The standard InChI is InChI=1S/C19H22N6O/c1-12-22-15-14(5-8-20-17(15)24(12)2)18(26)25-9-3-6-19(11-25)7-4-13-10-21-23-16(13)19/h5,8,10H,3-4,6-7,9,11H2,1-2H3,(H,21,23). The predicted molar refractivity (Wildman–Crippen MR) is 97.0 cm³/mol. The zero-order valence-electron chi connectivity index (χ0n) is 15.1. The number of aryl methyl sites for hydroxylation is 3. The van der Waals surface area contributed by atoms with Crippen molar-refractivity contribution in [1.29, 1.82) is 0 Å². The monoisotopic (exact) mass is 350 g/mol. The largest absolute Gasteiger partial charge is 0.338 e. The maximum Gasteiger partial charge on any atom is 0.256 e. The van der Waals surface area contributed by atoms with Crippen LogP contribution in [0.15, 0.2) is 18.5 Å². The zero-order chi connectivity index (χ0) is 17.9. The number of imidazole rings is 1. The highest BCUT2D eigenvalue weighted by Gasteiger charge is 2.44. The van der Waals surface area contributed by atoms with Crippen molar-refractivity contribution in [2.75, 3.05) is 13.1 Å². The Kier molecular flexibility index (Phi) is 3.23. The van der Waals surface area contributed by atoms with E-state index in [9.17, 15) is 4.79 Å². The second-order valence-corrected chi connectivity index (χ2v) is 7.63. The van der Waals surface area contributed by atoms with Gasteiger partial charge in [0.1, 0.15) is 11.3 Å². The van der Waals surface area contributed by atoms with Crippen LogP contribution in [0.1, 0.15) is 46.7 Å². The third-order valence-corrected chi connectivity index (χ3v) is 6.20. The molecule has 1 amide bonds. The van der Waals surface area contributed by atoms with E-state index in [1.165, 1.54) is 11.3 Å². The number of carbonyl (C=O) groups is 1. The van der Waals surface area contributed by atoms with E-state index < -0.39 is 0 Å². The average molecular weight is 350 g/mol. The SMILES string of the molecule is Cc1nc2c(C(=O)N3CCCC4(CCc5cn[nH]c54)C3)ccnc2n1C. The van der Waals surface area contributed by atoms with Crippen LogP contribution in [0, 0.1) is 6.92 Å². The lowest BCUT2D eigenvalue weighted by molar-refractivity contribution is 0.0634. The van der Waals surface area contributed by atoms with Crippen molar-refractivity contribution >= 4 is 17.1 Å². The molecule has 1 aliphatic heterocycles. The topological polar surface area (TPSA) is 79.7 Å². The Labute approximate surface area is 151 Å². The highest BCUT2D eigenvalue weighted by Crippen LogP contribution is 2.44. The molecule has 3 aromatic rings. The van der Waals surface area contributed by atoms with Crippen LogP contribution in [-0.4, -0.2) is 48.6 Å². The van der Waals surface area contributed by atoms with Crippen LogP contribution in [0.3, 0.4) is 0 Å². The van der Waals surface area contributed by atoms with Gasteiger partial charge >= 0.3 is 0 Å². The van der Waals surface area contributed by atoms with Crippen LogP contribution in [0.5, 0.6) is 0 Å². The Hall–Kier alpha value is -2.70. The minimum absolute atomic E-state index is 0.0337. The van der Waals surface area contributed by atoms with E-state index >= 15 is 0 Å². The summed E-state index contributed by atoms with van der Waals surface area (Å²) in [5.41, 5.74) is 4.70. The summed E-state index contributed by atoms with van der Waals surface area (Å²) in [7, 11) is 1.93. The normalized spacial score (nSPS) is 22.3. The Balaban J connectivity index is 1.51. The maximum atomic E-state index is 13.3. The van der Waals surface area contributed by atoms with Crippen molar-refractivity contribution in [2.45, 2.75) is 38.0 Å². The van der Waals surface area contributed by atoms with Crippen molar-refractivity contribution in [3.8, 4) is 0 Å². The molecule has 4 heterocycles. The van der Waals surface area contributed by atoms with Gasteiger partial charge in [0.25, 0.3) is 5.91 Å². The van der Waals surface area contributed by atoms with Gasteiger partial charge in [-0.1, -0.05) is 0 Å². The molecule has 1 spiro atoms. The van der Waals surface area contributed by atoms with Gasteiger partial charge in [-0.05, 0) is 44.2 Å². The van der Waals surface area contributed by atoms with Gasteiger partial charge < -0.3 is 9.47 Å². The molecule has 1 atom stereocenters. The van der Waals surface area contributed by atoms with Crippen LogP contribution in [0.4, 0.5) is 0 Å². The van der Waals surface area contributed by atoms with Crippen LogP contribution < -0.4 is 0 Å². The second kappa shape index (κ2) is 5.40. The molecule has 134 valence electrons. The van der Waals surface area contributed by atoms with Crippen LogP contribution in [-0.2, 0) is 18.9 Å². The number of H-pyrrole nitrogens is 1. The fourth-order valence-corrected chi connectivity index (χ4v) is 4.70. The molecule has 1 saturated heterocycles. The number of hydrogen-bond donors (Lipinski definition) is 1. The van der Waals surface area contributed by atoms with E-state index in [4.69, 9.17) is 0 Å². The summed E-state index contributed by atoms with van der Waals surface area (Å²) in [6.45, 7) is 3.47. The Bertz CT molecular complexity index is 1020. The minimum atomic E-state index is 0.0337. The molecule has 0 aromatic carbocycles. The van der Waals surface area contributed by atoms with Gasteiger partial charge in [0, 0.05) is 37.4 Å². The molecular weight excluding hydrogens is 328 g/mol. The third kappa shape index (κ3) is 2.06. The first-order valence-corrected chi connectivity index (χ1v) is 9.19. The number of fused-ring (bicyclic) bond motifs is 3. The fourth-order valence-electron chi connectivity index (χ4n) is 4.70. The molecule has 3 aromatic heterocycles. The van der Waals surface area contributed by atoms with Crippen LogP contribution in [0.2, 0.25) is 0 Å². The molecule has 0 saturated carbocycles.